The molecule has 0 spiro atoms. The van der Waals surface area contributed by atoms with Gasteiger partial charge in [0, 0.05) is 0 Å². The molecule has 17 heavy (non-hydrogen) atoms. The summed E-state index contributed by atoms with van der Waals surface area (Å²) in [5, 5.41) is -0.324. The molecule has 1 aromatic rings. The van der Waals surface area contributed by atoms with Crippen LogP contribution in [0, 0.1) is 0 Å². The third kappa shape index (κ3) is 1.57. The number of hydrogen-bond acceptors (Lipinski definition) is 1. The number of benzene rings is 1. The van der Waals surface area contributed by atoms with Gasteiger partial charge in [-0.2, -0.15) is 0 Å². The third-order valence-electron chi connectivity index (χ3n) is 3.54. The molecule has 1 nitrogen and oxygen atoms in total. The van der Waals surface area contributed by atoms with Crippen molar-refractivity contribution in [3.05, 3.63) is 53.1 Å². The summed E-state index contributed by atoms with van der Waals surface area (Å²) >= 11 is 5.84. The average molecular weight is 247 g/mol. The van der Waals surface area contributed by atoms with Crippen molar-refractivity contribution >= 4 is 22.4 Å². The second-order valence-corrected chi connectivity index (χ2v) is 4.83. The van der Waals surface area contributed by atoms with Crippen LogP contribution in [0.3, 0.4) is 0 Å². The van der Waals surface area contributed by atoms with Crippen molar-refractivity contribution in [2.45, 2.75) is 26.2 Å². The predicted octanol–water partition coefficient (Wildman–Crippen LogP) is 4.07. The molecule has 0 fully saturated rings. The third-order valence-corrected chi connectivity index (χ3v) is 3.92. The molecule has 1 unspecified atom stereocenters. The fraction of sp³-hybridized carbons (Fsp3) is 0.267. The maximum absolute atomic E-state index is 11.9. The number of rotatable bonds is 2. The highest BCUT2D eigenvalue weighted by atomic mass is 35.5. The lowest BCUT2D eigenvalue weighted by Crippen LogP contribution is -2.28. The van der Waals surface area contributed by atoms with Gasteiger partial charge < -0.3 is 0 Å². The van der Waals surface area contributed by atoms with Crippen LogP contribution in [0.4, 0.5) is 0 Å². The van der Waals surface area contributed by atoms with E-state index < -0.39 is 5.41 Å². The van der Waals surface area contributed by atoms with E-state index in [4.69, 9.17) is 11.6 Å². The molecule has 1 aliphatic rings. The molecule has 1 atom stereocenters. The molecule has 0 amide bonds. The highest BCUT2D eigenvalue weighted by Crippen LogP contribution is 2.47. The lowest BCUT2D eigenvalue weighted by Gasteiger charge is -2.23. The van der Waals surface area contributed by atoms with Crippen LogP contribution in [0.25, 0.3) is 5.57 Å². The largest absolute Gasteiger partial charge is 0.280 e. The van der Waals surface area contributed by atoms with E-state index in [1.165, 1.54) is 0 Å². The number of carbonyl (C=O) groups is 1. The Morgan fingerprint density at radius 2 is 2.00 bits per heavy atom. The molecule has 0 bridgehead atoms. The van der Waals surface area contributed by atoms with E-state index in [2.05, 4.69) is 0 Å². The Bertz CT molecular complexity index is 540. The van der Waals surface area contributed by atoms with Crippen molar-refractivity contribution < 1.29 is 4.79 Å². The van der Waals surface area contributed by atoms with Crippen LogP contribution in [-0.2, 0) is 10.2 Å². The number of hydrogen-bond donors (Lipinski definition) is 0. The fourth-order valence-electron chi connectivity index (χ4n) is 2.58. The van der Waals surface area contributed by atoms with Crippen molar-refractivity contribution in [3.8, 4) is 0 Å². The van der Waals surface area contributed by atoms with E-state index in [0.717, 1.165) is 22.3 Å². The van der Waals surface area contributed by atoms with Crippen LogP contribution >= 0.6 is 11.6 Å². The molecule has 2 heteroatoms. The van der Waals surface area contributed by atoms with Gasteiger partial charge in [0.2, 0.25) is 5.24 Å². The molecule has 1 aromatic carbocycles. The van der Waals surface area contributed by atoms with Gasteiger partial charge >= 0.3 is 0 Å². The molecular formula is C15H15ClO. The van der Waals surface area contributed by atoms with Crippen molar-refractivity contribution in [2.75, 3.05) is 0 Å². The van der Waals surface area contributed by atoms with Crippen molar-refractivity contribution in [1.29, 1.82) is 0 Å². The van der Waals surface area contributed by atoms with E-state index >= 15 is 0 Å². The highest BCUT2D eigenvalue weighted by Gasteiger charge is 2.43. The lowest BCUT2D eigenvalue weighted by atomic mass is 9.80. The molecule has 1 aliphatic carbocycles. The summed E-state index contributed by atoms with van der Waals surface area (Å²) in [6.07, 6.45) is 3.93. The first-order chi connectivity index (χ1) is 8.03. The van der Waals surface area contributed by atoms with E-state index in [-0.39, 0.29) is 5.24 Å². The molecule has 0 saturated heterocycles. The molecule has 0 aromatic heterocycles. The zero-order valence-corrected chi connectivity index (χ0v) is 11.0. The first-order valence-electron chi connectivity index (χ1n) is 5.67. The number of carbonyl (C=O) groups excluding carboxylic acids is 1. The van der Waals surface area contributed by atoms with Crippen molar-refractivity contribution in [1.82, 2.24) is 0 Å². The van der Waals surface area contributed by atoms with Gasteiger partial charge in [-0.05, 0) is 54.6 Å². The molecule has 0 radical (unpaired) electrons. The Balaban J connectivity index is 2.77. The zero-order chi connectivity index (χ0) is 12.6. The van der Waals surface area contributed by atoms with Gasteiger partial charge in [-0.25, -0.2) is 0 Å². The highest BCUT2D eigenvalue weighted by molar-refractivity contribution is 6.66. The Kier molecular flexibility index (Phi) is 2.96. The molecular weight excluding hydrogens is 232 g/mol. The normalized spacial score (nSPS) is 23.3. The first kappa shape index (κ1) is 12.1. The topological polar surface area (TPSA) is 17.1 Å². The second kappa shape index (κ2) is 4.15. The number of allylic oxidation sites excluding steroid dienone is 4. The summed E-state index contributed by atoms with van der Waals surface area (Å²) < 4.78 is 0. The molecule has 0 N–H and O–H groups in total. The Labute approximate surface area is 107 Å². The Hall–Kier alpha value is -1.34. The molecule has 0 aliphatic heterocycles. The molecule has 0 saturated carbocycles. The summed E-state index contributed by atoms with van der Waals surface area (Å²) in [6.45, 7) is 5.88. The van der Waals surface area contributed by atoms with Gasteiger partial charge in [-0.1, -0.05) is 36.4 Å². The summed E-state index contributed by atoms with van der Waals surface area (Å²) in [5.74, 6) is 0. The van der Waals surface area contributed by atoms with Crippen LogP contribution in [0.5, 0.6) is 0 Å². The zero-order valence-electron chi connectivity index (χ0n) is 10.3. The minimum Gasteiger partial charge on any atom is -0.280 e. The Morgan fingerprint density at radius 1 is 1.35 bits per heavy atom. The second-order valence-electron chi connectivity index (χ2n) is 4.48. The van der Waals surface area contributed by atoms with Crippen LogP contribution in [0.1, 0.15) is 31.9 Å². The monoisotopic (exact) mass is 246 g/mol. The maximum Gasteiger partial charge on any atom is 0.236 e. The molecule has 88 valence electrons. The van der Waals surface area contributed by atoms with Gasteiger partial charge in [0.1, 0.15) is 0 Å². The van der Waals surface area contributed by atoms with Crippen LogP contribution in [0.15, 0.2) is 42.0 Å². The van der Waals surface area contributed by atoms with E-state index in [9.17, 15) is 4.79 Å². The SMILES string of the molecule is C/C=C\C1=C(C)c2ccccc2C1(C)C(=O)Cl. The molecule has 2 rings (SSSR count). The molecule has 0 heterocycles. The average Bonchev–Trinajstić information content (AvgIpc) is 2.54. The quantitative estimate of drug-likeness (QED) is 0.719. The summed E-state index contributed by atoms with van der Waals surface area (Å²) in [6, 6.07) is 7.96. The van der Waals surface area contributed by atoms with Gasteiger partial charge in [-0.15, -0.1) is 0 Å². The van der Waals surface area contributed by atoms with Crippen LogP contribution in [-0.4, -0.2) is 5.24 Å². The van der Waals surface area contributed by atoms with Crippen molar-refractivity contribution in [2.24, 2.45) is 0 Å². The van der Waals surface area contributed by atoms with E-state index in [0.29, 0.717) is 0 Å². The van der Waals surface area contributed by atoms with E-state index in [1.54, 1.807) is 0 Å². The minimum atomic E-state index is -0.714. The summed E-state index contributed by atoms with van der Waals surface area (Å²) in [5.41, 5.74) is 3.55. The van der Waals surface area contributed by atoms with Gasteiger partial charge in [0.15, 0.2) is 0 Å². The standard InChI is InChI=1S/C15H15ClO/c1-4-7-12-10(2)11-8-5-6-9-13(11)15(12,3)14(16)17/h4-9H,1-3H3/b7-4-. The van der Waals surface area contributed by atoms with Crippen LogP contribution in [0.2, 0.25) is 0 Å². The lowest BCUT2D eigenvalue weighted by molar-refractivity contribution is -0.114. The predicted molar refractivity (Wildman–Crippen MR) is 72.1 cm³/mol. The fourth-order valence-corrected chi connectivity index (χ4v) is 2.78. The maximum atomic E-state index is 11.9. The first-order valence-corrected chi connectivity index (χ1v) is 6.05. The summed E-state index contributed by atoms with van der Waals surface area (Å²) in [4.78, 5) is 11.9. The van der Waals surface area contributed by atoms with Gasteiger partial charge in [-0.3, -0.25) is 4.79 Å². The minimum absolute atomic E-state index is 0.324. The number of fused-ring (bicyclic) bond motifs is 1. The van der Waals surface area contributed by atoms with E-state index in [1.807, 2.05) is 57.2 Å². The van der Waals surface area contributed by atoms with Gasteiger partial charge in [0.25, 0.3) is 0 Å². The smallest absolute Gasteiger partial charge is 0.236 e. The number of halogens is 1. The van der Waals surface area contributed by atoms with Crippen molar-refractivity contribution in [3.63, 3.8) is 0 Å². The summed E-state index contributed by atoms with van der Waals surface area (Å²) in [7, 11) is 0. The van der Waals surface area contributed by atoms with Crippen LogP contribution < -0.4 is 0 Å². The van der Waals surface area contributed by atoms with Gasteiger partial charge in [0.05, 0.1) is 5.41 Å². The Morgan fingerprint density at radius 3 is 2.59 bits per heavy atom.